The topological polar surface area (TPSA) is 64.0 Å². The zero-order valence-electron chi connectivity index (χ0n) is 5.97. The minimum Gasteiger partial charge on any atom is -0.493 e. The molecule has 11 heavy (non-hydrogen) atoms. The smallest absolute Gasteiger partial charge is 0.186 e. The maximum absolute atomic E-state index is 7.38. The molecule has 60 valence electrons. The number of nitrogens with zero attached hydrogens (tertiary/aromatic N) is 1. The van der Waals surface area contributed by atoms with E-state index in [0.717, 1.165) is 4.47 Å². The Kier molecular flexibility index (Phi) is 2.19. The molecule has 0 aliphatic carbocycles. The molecule has 0 fully saturated rings. The van der Waals surface area contributed by atoms with Gasteiger partial charge in [0.15, 0.2) is 11.2 Å². The monoisotopic (exact) mass is 217 g/mol. The molecule has 5 heteroatoms. The van der Waals surface area contributed by atoms with Gasteiger partial charge in [-0.15, -0.1) is 0 Å². The first-order chi connectivity index (χ1) is 5.15. The Bertz CT molecular complexity index is 320. The average molecular weight is 218 g/mol. The van der Waals surface area contributed by atoms with Gasteiger partial charge in [0.2, 0.25) is 0 Å². The van der Waals surface area contributed by atoms with Crippen LogP contribution in [-0.4, -0.2) is 11.8 Å². The van der Waals surface area contributed by atoms with Gasteiger partial charge in [-0.3, -0.25) is 5.41 Å². The van der Waals surface area contributed by atoms with Crippen molar-refractivity contribution in [3.05, 3.63) is 22.2 Å². The molecule has 1 heterocycles. The Balaban J connectivity index is 3.37. The highest BCUT2D eigenvalue weighted by molar-refractivity contribution is 9.10. The molecular weight excluding hydrogens is 210 g/mol. The Labute approximate surface area is 72.2 Å². The number of nitrogens with one attached hydrogen (secondary N) is 1. The quantitative estimate of drug-likeness (QED) is 0.672. The Morgan fingerprint density at radius 1 is 1.73 bits per heavy atom. The van der Waals surface area contributed by atoms with E-state index in [2.05, 4.69) is 15.9 Å². The summed E-state index contributed by atoms with van der Waals surface area (Å²) in [6.45, 7) is 0. The molecule has 0 aliphatic heterocycles. The summed E-state index contributed by atoms with van der Waals surface area (Å²) < 4.78 is 6.86. The predicted octanol–water partition coefficient (Wildman–Crippen LogP) is 0.452. The summed E-state index contributed by atoms with van der Waals surface area (Å²) in [6.07, 6.45) is 1.59. The molecule has 0 saturated carbocycles. The van der Waals surface area contributed by atoms with E-state index < -0.39 is 0 Å². The average Bonchev–Trinajstić information content (AvgIpc) is 1.96. The minimum atomic E-state index is 0.149. The zero-order chi connectivity index (χ0) is 8.43. The van der Waals surface area contributed by atoms with Gasteiger partial charge in [0, 0.05) is 10.7 Å². The Hall–Kier alpha value is -0.970. The van der Waals surface area contributed by atoms with E-state index in [1.165, 1.54) is 11.8 Å². The Morgan fingerprint density at radius 3 is 2.91 bits per heavy atom. The summed E-state index contributed by atoms with van der Waals surface area (Å²) in [5, 5.41) is 7.38. The van der Waals surface area contributed by atoms with Crippen molar-refractivity contribution in [2.45, 2.75) is 0 Å². The highest BCUT2D eigenvalue weighted by Crippen LogP contribution is 2.11. The number of nitrogen functional groups attached to an aromatic ring is 1. The van der Waals surface area contributed by atoms with E-state index in [0.29, 0.717) is 5.75 Å². The van der Waals surface area contributed by atoms with Gasteiger partial charge in [-0.2, -0.15) is 0 Å². The third-order valence-corrected chi connectivity index (χ3v) is 1.68. The second-order valence-corrected chi connectivity index (χ2v) is 2.90. The van der Waals surface area contributed by atoms with E-state index in [1.54, 1.807) is 12.3 Å². The van der Waals surface area contributed by atoms with Crippen molar-refractivity contribution in [1.82, 2.24) is 4.68 Å². The van der Waals surface area contributed by atoms with Crippen LogP contribution in [0.2, 0.25) is 0 Å². The fourth-order valence-corrected chi connectivity index (χ4v) is 1.14. The van der Waals surface area contributed by atoms with E-state index in [9.17, 15) is 0 Å². The summed E-state index contributed by atoms with van der Waals surface area (Å²) in [5.74, 6) is 5.86. The summed E-state index contributed by atoms with van der Waals surface area (Å²) in [5.41, 5.74) is 0.149. The molecule has 0 amide bonds. The van der Waals surface area contributed by atoms with Crippen LogP contribution in [0.3, 0.4) is 0 Å². The van der Waals surface area contributed by atoms with Gasteiger partial charge >= 0.3 is 0 Å². The molecule has 0 saturated heterocycles. The van der Waals surface area contributed by atoms with Crippen LogP contribution in [-0.2, 0) is 0 Å². The maximum Gasteiger partial charge on any atom is 0.186 e. The molecule has 0 atom stereocenters. The summed E-state index contributed by atoms with van der Waals surface area (Å²) in [7, 11) is 1.50. The number of rotatable bonds is 1. The van der Waals surface area contributed by atoms with Gasteiger partial charge in [-0.1, -0.05) is 0 Å². The molecule has 0 unspecified atom stereocenters. The molecular formula is C6H8BrN3O. The van der Waals surface area contributed by atoms with Gasteiger partial charge in [-0.05, 0) is 22.0 Å². The zero-order valence-corrected chi connectivity index (χ0v) is 7.55. The minimum absolute atomic E-state index is 0.149. The normalized spacial score (nSPS) is 9.64. The van der Waals surface area contributed by atoms with Crippen molar-refractivity contribution in [2.24, 2.45) is 0 Å². The van der Waals surface area contributed by atoms with Gasteiger partial charge in [0.1, 0.15) is 0 Å². The van der Waals surface area contributed by atoms with Crippen LogP contribution in [0.1, 0.15) is 0 Å². The standard InChI is InChI=1S/C6H8BrN3O/c1-11-5-2-4(7)3-10(9)6(5)8/h2-3,8H,9H2,1H3. The molecule has 0 aliphatic rings. The number of hydrogen-bond donors (Lipinski definition) is 2. The lowest BCUT2D eigenvalue weighted by Crippen LogP contribution is -2.27. The lowest BCUT2D eigenvalue weighted by Gasteiger charge is -2.04. The van der Waals surface area contributed by atoms with Crippen molar-refractivity contribution in [3.63, 3.8) is 0 Å². The van der Waals surface area contributed by atoms with Crippen LogP contribution < -0.4 is 16.1 Å². The number of nitrogens with two attached hydrogens (primary N) is 1. The third-order valence-electron chi connectivity index (χ3n) is 1.24. The lowest BCUT2D eigenvalue weighted by molar-refractivity contribution is 0.402. The largest absolute Gasteiger partial charge is 0.493 e. The second kappa shape index (κ2) is 2.96. The van der Waals surface area contributed by atoms with Crippen molar-refractivity contribution in [3.8, 4) is 5.75 Å². The van der Waals surface area contributed by atoms with Crippen LogP contribution in [0, 0.1) is 5.41 Å². The molecule has 0 aromatic carbocycles. The van der Waals surface area contributed by atoms with E-state index in [4.69, 9.17) is 16.0 Å². The highest BCUT2D eigenvalue weighted by Gasteiger charge is 1.98. The van der Waals surface area contributed by atoms with Crippen LogP contribution in [0.25, 0.3) is 0 Å². The van der Waals surface area contributed by atoms with E-state index in [-0.39, 0.29) is 5.49 Å². The Morgan fingerprint density at radius 2 is 2.36 bits per heavy atom. The SMILES string of the molecule is COc1cc(Br)cn(N)c1=N. The van der Waals surface area contributed by atoms with Crippen molar-refractivity contribution in [2.75, 3.05) is 13.0 Å². The van der Waals surface area contributed by atoms with Crippen LogP contribution >= 0.6 is 15.9 Å². The molecule has 0 radical (unpaired) electrons. The molecule has 1 aromatic heterocycles. The van der Waals surface area contributed by atoms with E-state index >= 15 is 0 Å². The van der Waals surface area contributed by atoms with E-state index in [1.807, 2.05) is 0 Å². The van der Waals surface area contributed by atoms with Gasteiger partial charge in [-0.25, -0.2) is 4.68 Å². The number of methoxy groups -OCH3 is 1. The molecule has 0 spiro atoms. The first kappa shape index (κ1) is 8.13. The number of hydrogen-bond acceptors (Lipinski definition) is 3. The van der Waals surface area contributed by atoms with Crippen molar-refractivity contribution >= 4 is 15.9 Å². The van der Waals surface area contributed by atoms with Crippen molar-refractivity contribution < 1.29 is 4.74 Å². The van der Waals surface area contributed by atoms with Gasteiger partial charge in [0.05, 0.1) is 7.11 Å². The lowest BCUT2D eigenvalue weighted by atomic mass is 10.4. The van der Waals surface area contributed by atoms with Crippen LogP contribution in [0.4, 0.5) is 0 Å². The number of pyridine rings is 1. The second-order valence-electron chi connectivity index (χ2n) is 1.98. The summed E-state index contributed by atoms with van der Waals surface area (Å²) in [4.78, 5) is 0. The highest BCUT2D eigenvalue weighted by atomic mass is 79.9. The molecule has 3 N–H and O–H groups in total. The predicted molar refractivity (Wildman–Crippen MR) is 44.7 cm³/mol. The fourth-order valence-electron chi connectivity index (χ4n) is 0.711. The van der Waals surface area contributed by atoms with Gasteiger partial charge in [0.25, 0.3) is 0 Å². The molecule has 4 nitrogen and oxygen atoms in total. The molecule has 1 rings (SSSR count). The summed E-state index contributed by atoms with van der Waals surface area (Å²) in [6, 6.07) is 1.69. The summed E-state index contributed by atoms with van der Waals surface area (Å²) >= 11 is 3.22. The number of ether oxygens (including phenoxy) is 1. The maximum atomic E-state index is 7.38. The first-order valence-electron chi connectivity index (χ1n) is 2.91. The fraction of sp³-hybridized carbons (Fsp3) is 0.167. The third kappa shape index (κ3) is 1.54. The van der Waals surface area contributed by atoms with Crippen LogP contribution in [0.5, 0.6) is 5.75 Å². The molecule has 0 bridgehead atoms. The van der Waals surface area contributed by atoms with Gasteiger partial charge < -0.3 is 10.6 Å². The first-order valence-corrected chi connectivity index (χ1v) is 3.70. The number of aromatic nitrogens is 1. The molecule has 1 aromatic rings. The van der Waals surface area contributed by atoms with Crippen molar-refractivity contribution in [1.29, 1.82) is 5.41 Å². The number of halogens is 1. The van der Waals surface area contributed by atoms with Crippen LogP contribution in [0.15, 0.2) is 16.7 Å².